The van der Waals surface area contributed by atoms with E-state index in [1.165, 1.54) is 0 Å². The molecule has 3 aliphatic heterocycles. The van der Waals surface area contributed by atoms with Crippen molar-refractivity contribution >= 4 is 17.6 Å². The van der Waals surface area contributed by atoms with Crippen molar-refractivity contribution in [3.63, 3.8) is 0 Å². The molecular formula is C16H15NO5. The van der Waals surface area contributed by atoms with Crippen LogP contribution in [0, 0.1) is 11.8 Å². The SMILES string of the molecule is COc1ccc(N2C[C@]34C=C[C@@H](O3)[C@H](C(=O)O)[C@@H]4C2=O)cc1. The Balaban J connectivity index is 1.70. The molecule has 4 atom stereocenters. The van der Waals surface area contributed by atoms with E-state index in [9.17, 15) is 14.7 Å². The van der Waals surface area contributed by atoms with Gasteiger partial charge in [0, 0.05) is 5.69 Å². The Morgan fingerprint density at radius 1 is 1.41 bits per heavy atom. The third-order valence-corrected chi connectivity index (χ3v) is 4.77. The van der Waals surface area contributed by atoms with E-state index in [0.717, 1.165) is 5.69 Å². The summed E-state index contributed by atoms with van der Waals surface area (Å²) in [6, 6.07) is 7.13. The summed E-state index contributed by atoms with van der Waals surface area (Å²) in [5, 5.41) is 9.42. The molecule has 114 valence electrons. The summed E-state index contributed by atoms with van der Waals surface area (Å²) in [4.78, 5) is 25.9. The van der Waals surface area contributed by atoms with Crippen LogP contribution in [0.3, 0.4) is 0 Å². The van der Waals surface area contributed by atoms with E-state index in [1.807, 2.05) is 6.08 Å². The molecule has 1 aromatic rings. The number of fused-ring (bicyclic) bond motifs is 1. The highest BCUT2D eigenvalue weighted by molar-refractivity contribution is 6.02. The molecule has 6 nitrogen and oxygen atoms in total. The van der Waals surface area contributed by atoms with Gasteiger partial charge in [-0.15, -0.1) is 0 Å². The van der Waals surface area contributed by atoms with E-state index < -0.39 is 29.5 Å². The first-order valence-electron chi connectivity index (χ1n) is 7.11. The Morgan fingerprint density at radius 2 is 2.14 bits per heavy atom. The molecule has 6 heteroatoms. The quantitative estimate of drug-likeness (QED) is 0.845. The minimum absolute atomic E-state index is 0.190. The number of nitrogens with zero attached hydrogens (tertiary/aromatic N) is 1. The predicted molar refractivity (Wildman–Crippen MR) is 76.7 cm³/mol. The van der Waals surface area contributed by atoms with Crippen LogP contribution in [0.4, 0.5) is 5.69 Å². The van der Waals surface area contributed by atoms with Crippen molar-refractivity contribution < 1.29 is 24.2 Å². The number of anilines is 1. The first kappa shape index (κ1) is 13.3. The van der Waals surface area contributed by atoms with Crippen molar-refractivity contribution in [2.45, 2.75) is 11.7 Å². The summed E-state index contributed by atoms with van der Waals surface area (Å²) in [7, 11) is 1.58. The fraction of sp³-hybridized carbons (Fsp3) is 0.375. The van der Waals surface area contributed by atoms with E-state index in [-0.39, 0.29) is 5.91 Å². The summed E-state index contributed by atoms with van der Waals surface area (Å²) < 4.78 is 11.0. The van der Waals surface area contributed by atoms with Crippen LogP contribution >= 0.6 is 0 Å². The molecule has 4 rings (SSSR count). The van der Waals surface area contributed by atoms with E-state index in [1.54, 1.807) is 42.4 Å². The molecule has 1 aromatic carbocycles. The number of carbonyl (C=O) groups is 2. The molecule has 1 spiro atoms. The van der Waals surface area contributed by atoms with E-state index >= 15 is 0 Å². The number of rotatable bonds is 3. The summed E-state index contributed by atoms with van der Waals surface area (Å²) in [6.45, 7) is 0.347. The Kier molecular flexibility index (Phi) is 2.62. The lowest BCUT2D eigenvalue weighted by Gasteiger charge is -2.21. The Labute approximate surface area is 126 Å². The number of aliphatic carboxylic acids is 1. The van der Waals surface area contributed by atoms with Gasteiger partial charge >= 0.3 is 5.97 Å². The first-order chi connectivity index (χ1) is 10.6. The molecule has 2 fully saturated rings. The molecule has 2 saturated heterocycles. The molecular weight excluding hydrogens is 286 g/mol. The first-order valence-corrected chi connectivity index (χ1v) is 7.11. The highest BCUT2D eigenvalue weighted by Gasteiger charge is 2.67. The van der Waals surface area contributed by atoms with Gasteiger partial charge < -0.3 is 19.5 Å². The number of benzene rings is 1. The third-order valence-electron chi connectivity index (χ3n) is 4.77. The lowest BCUT2D eigenvalue weighted by molar-refractivity contribution is -0.146. The Bertz CT molecular complexity index is 682. The molecule has 0 radical (unpaired) electrons. The van der Waals surface area contributed by atoms with Crippen molar-refractivity contribution in [3.05, 3.63) is 36.4 Å². The number of hydrogen-bond acceptors (Lipinski definition) is 4. The maximum atomic E-state index is 12.8. The van der Waals surface area contributed by atoms with Crippen LogP contribution in [0.1, 0.15) is 0 Å². The topological polar surface area (TPSA) is 76.1 Å². The number of hydrogen-bond donors (Lipinski definition) is 1. The predicted octanol–water partition coefficient (Wildman–Crippen LogP) is 1.07. The Morgan fingerprint density at radius 3 is 2.77 bits per heavy atom. The van der Waals surface area contributed by atoms with Crippen LogP contribution in [0.5, 0.6) is 5.75 Å². The van der Waals surface area contributed by atoms with Gasteiger partial charge in [-0.1, -0.05) is 12.2 Å². The normalized spacial score (nSPS) is 35.0. The van der Waals surface area contributed by atoms with Crippen LogP contribution in [0.2, 0.25) is 0 Å². The summed E-state index contributed by atoms with van der Waals surface area (Å²) in [5.74, 6) is -1.92. The number of methoxy groups -OCH3 is 1. The van der Waals surface area contributed by atoms with Crippen LogP contribution in [-0.4, -0.2) is 42.3 Å². The van der Waals surface area contributed by atoms with Crippen LogP contribution in [0.25, 0.3) is 0 Å². The molecule has 1 amide bonds. The van der Waals surface area contributed by atoms with Gasteiger partial charge in [-0.25, -0.2) is 0 Å². The van der Waals surface area contributed by atoms with E-state index in [0.29, 0.717) is 12.3 Å². The fourth-order valence-corrected chi connectivity index (χ4v) is 3.76. The molecule has 1 N–H and O–H groups in total. The van der Waals surface area contributed by atoms with Gasteiger partial charge in [-0.2, -0.15) is 0 Å². The lowest BCUT2D eigenvalue weighted by Crippen LogP contribution is -2.39. The Hall–Kier alpha value is -2.34. The van der Waals surface area contributed by atoms with Crippen molar-refractivity contribution in [3.8, 4) is 5.75 Å². The smallest absolute Gasteiger partial charge is 0.310 e. The van der Waals surface area contributed by atoms with E-state index in [4.69, 9.17) is 9.47 Å². The zero-order chi connectivity index (χ0) is 15.5. The van der Waals surface area contributed by atoms with Gasteiger partial charge in [-0.3, -0.25) is 9.59 Å². The maximum Gasteiger partial charge on any atom is 0.310 e. The largest absolute Gasteiger partial charge is 0.497 e. The minimum Gasteiger partial charge on any atom is -0.497 e. The van der Waals surface area contributed by atoms with Gasteiger partial charge in [0.1, 0.15) is 17.3 Å². The summed E-state index contributed by atoms with van der Waals surface area (Å²) in [5.41, 5.74) is -0.0794. The molecule has 0 saturated carbocycles. The van der Waals surface area contributed by atoms with Crippen LogP contribution < -0.4 is 9.64 Å². The molecule has 3 aliphatic rings. The van der Waals surface area contributed by atoms with Gasteiger partial charge in [0.05, 0.1) is 25.7 Å². The van der Waals surface area contributed by atoms with Crippen LogP contribution in [0.15, 0.2) is 36.4 Å². The average molecular weight is 301 g/mol. The van der Waals surface area contributed by atoms with Gasteiger partial charge in [0.15, 0.2) is 0 Å². The fourth-order valence-electron chi connectivity index (χ4n) is 3.76. The number of ether oxygens (including phenoxy) is 2. The van der Waals surface area contributed by atoms with E-state index in [2.05, 4.69) is 0 Å². The monoisotopic (exact) mass is 301 g/mol. The number of amides is 1. The molecule has 22 heavy (non-hydrogen) atoms. The highest BCUT2D eigenvalue weighted by atomic mass is 16.5. The second-order valence-electron chi connectivity index (χ2n) is 5.86. The lowest BCUT2D eigenvalue weighted by atomic mass is 9.77. The van der Waals surface area contributed by atoms with Crippen LogP contribution in [-0.2, 0) is 14.3 Å². The number of carboxylic acid groups (broad SMARTS) is 1. The average Bonchev–Trinajstić information content (AvgIpc) is 3.15. The van der Waals surface area contributed by atoms with Crippen molar-refractivity contribution in [2.24, 2.45) is 11.8 Å². The second-order valence-corrected chi connectivity index (χ2v) is 5.86. The molecule has 0 aliphatic carbocycles. The van der Waals surface area contributed by atoms with Gasteiger partial charge in [0.2, 0.25) is 5.91 Å². The maximum absolute atomic E-state index is 12.8. The highest BCUT2D eigenvalue weighted by Crippen LogP contribution is 2.52. The van der Waals surface area contributed by atoms with Crippen molar-refractivity contribution in [1.82, 2.24) is 0 Å². The zero-order valence-electron chi connectivity index (χ0n) is 11.9. The van der Waals surface area contributed by atoms with Gasteiger partial charge in [-0.05, 0) is 24.3 Å². The summed E-state index contributed by atoms with van der Waals surface area (Å²) >= 11 is 0. The third kappa shape index (κ3) is 1.58. The minimum atomic E-state index is -0.980. The molecule has 3 heterocycles. The van der Waals surface area contributed by atoms with Gasteiger partial charge in [0.25, 0.3) is 0 Å². The summed E-state index contributed by atoms with van der Waals surface area (Å²) in [6.07, 6.45) is 3.12. The number of carboxylic acids is 1. The molecule has 2 bridgehead atoms. The zero-order valence-corrected chi connectivity index (χ0v) is 11.9. The molecule has 0 unspecified atom stereocenters. The van der Waals surface area contributed by atoms with Crippen molar-refractivity contribution in [1.29, 1.82) is 0 Å². The standard InChI is InChI=1S/C16H15NO5/c1-21-10-4-2-9(3-5-10)17-8-16-7-6-11(22-16)12(15(19)20)13(16)14(17)18/h2-7,11-13H,8H2,1H3,(H,19,20)/t11-,12+,13-,16+/m1/s1. The van der Waals surface area contributed by atoms with Crippen molar-refractivity contribution in [2.75, 3.05) is 18.6 Å². The number of carbonyl (C=O) groups excluding carboxylic acids is 1. The second kappa shape index (κ2) is 4.33. The molecule has 0 aromatic heterocycles.